The molecule has 74 valence electrons. The fourth-order valence-corrected chi connectivity index (χ4v) is 1.19. The Hall–Kier alpha value is -1.66. The zero-order valence-electron chi connectivity index (χ0n) is 7.24. The standard InChI is InChI=1S/C8H8N4S.H2O/c9-6-3-1-5(2-4-6)7-10-8(13)12-11-7;/h1-4H,9H2,(H2,10,11,12,13);1H2. The minimum Gasteiger partial charge on any atom is -0.412 e. The first kappa shape index (κ1) is 10.4. The molecule has 0 bridgehead atoms. The third-order valence-electron chi connectivity index (χ3n) is 1.69. The first-order chi connectivity index (χ1) is 6.25. The van der Waals surface area contributed by atoms with Gasteiger partial charge in [-0.1, -0.05) is 0 Å². The summed E-state index contributed by atoms with van der Waals surface area (Å²) in [6, 6.07) is 7.41. The van der Waals surface area contributed by atoms with E-state index in [-0.39, 0.29) is 5.48 Å². The van der Waals surface area contributed by atoms with Crippen LogP contribution in [-0.4, -0.2) is 20.7 Å². The second-order valence-electron chi connectivity index (χ2n) is 2.64. The molecule has 0 unspecified atom stereocenters. The van der Waals surface area contributed by atoms with Crippen molar-refractivity contribution in [2.24, 2.45) is 0 Å². The number of hydrogen-bond acceptors (Lipinski definition) is 3. The third kappa shape index (κ3) is 1.98. The van der Waals surface area contributed by atoms with Crippen LogP contribution in [0.4, 0.5) is 5.69 Å². The minimum atomic E-state index is 0. The van der Waals surface area contributed by atoms with Crippen molar-refractivity contribution < 1.29 is 5.48 Å². The number of H-pyrrole nitrogens is 2. The number of aromatic amines is 2. The molecule has 1 aromatic heterocycles. The predicted molar refractivity (Wildman–Crippen MR) is 57.2 cm³/mol. The van der Waals surface area contributed by atoms with Gasteiger partial charge in [-0.2, -0.15) is 4.98 Å². The number of anilines is 1. The Balaban J connectivity index is 0.000000980. The number of nitrogens with one attached hydrogen (secondary N) is 2. The largest absolute Gasteiger partial charge is 0.412 e. The lowest BCUT2D eigenvalue weighted by Gasteiger charge is -1.95. The van der Waals surface area contributed by atoms with Crippen LogP contribution in [0.5, 0.6) is 0 Å². The van der Waals surface area contributed by atoms with Crippen LogP contribution in [0.15, 0.2) is 24.3 Å². The van der Waals surface area contributed by atoms with Crippen LogP contribution in [0.1, 0.15) is 0 Å². The fraction of sp³-hybridized carbons (Fsp3) is 0. The van der Waals surface area contributed by atoms with Crippen molar-refractivity contribution in [3.8, 4) is 11.4 Å². The van der Waals surface area contributed by atoms with Crippen molar-refractivity contribution in [1.29, 1.82) is 0 Å². The molecule has 0 saturated heterocycles. The van der Waals surface area contributed by atoms with Crippen LogP contribution in [-0.2, 0) is 0 Å². The predicted octanol–water partition coefficient (Wildman–Crippen LogP) is 0.892. The highest BCUT2D eigenvalue weighted by Crippen LogP contribution is 2.15. The molecule has 6 heteroatoms. The molecule has 1 heterocycles. The molecule has 5 nitrogen and oxygen atoms in total. The molecule has 0 aliphatic rings. The maximum absolute atomic E-state index is 5.55. The van der Waals surface area contributed by atoms with Gasteiger partial charge in [-0.05, 0) is 36.5 Å². The van der Waals surface area contributed by atoms with Crippen LogP contribution in [0.2, 0.25) is 0 Å². The van der Waals surface area contributed by atoms with E-state index in [9.17, 15) is 0 Å². The zero-order chi connectivity index (χ0) is 9.26. The molecule has 0 amide bonds. The summed E-state index contributed by atoms with van der Waals surface area (Å²) in [5.41, 5.74) is 7.24. The lowest BCUT2D eigenvalue weighted by Crippen LogP contribution is -1.84. The number of rotatable bonds is 1. The van der Waals surface area contributed by atoms with Crippen LogP contribution < -0.4 is 5.73 Å². The summed E-state index contributed by atoms with van der Waals surface area (Å²) < 4.78 is 0.451. The van der Waals surface area contributed by atoms with Gasteiger partial charge < -0.3 is 11.2 Å². The van der Waals surface area contributed by atoms with E-state index >= 15 is 0 Å². The van der Waals surface area contributed by atoms with Crippen LogP contribution in [0.3, 0.4) is 0 Å². The molecule has 6 N–H and O–H groups in total. The highest BCUT2D eigenvalue weighted by Gasteiger charge is 1.99. The summed E-state index contributed by atoms with van der Waals surface area (Å²) in [5.74, 6) is 0.727. The Bertz CT molecular complexity index is 459. The molecular formula is C8H10N4OS. The normalized spacial score (nSPS) is 9.43. The molecule has 0 radical (unpaired) electrons. The van der Waals surface area contributed by atoms with Crippen LogP contribution in [0.25, 0.3) is 11.4 Å². The van der Waals surface area contributed by atoms with Gasteiger partial charge in [0.2, 0.25) is 4.77 Å². The first-order valence-corrected chi connectivity index (χ1v) is 4.17. The van der Waals surface area contributed by atoms with Crippen molar-refractivity contribution in [3.05, 3.63) is 29.0 Å². The third-order valence-corrected chi connectivity index (χ3v) is 1.88. The van der Waals surface area contributed by atoms with Gasteiger partial charge in [-0.15, -0.1) is 0 Å². The monoisotopic (exact) mass is 210 g/mol. The number of aromatic nitrogens is 3. The number of benzene rings is 1. The van der Waals surface area contributed by atoms with Crippen molar-refractivity contribution >= 4 is 17.9 Å². The van der Waals surface area contributed by atoms with Gasteiger partial charge in [-0.25, -0.2) is 0 Å². The quantitative estimate of drug-likeness (QED) is 0.481. The molecular weight excluding hydrogens is 200 g/mol. The minimum absolute atomic E-state index is 0. The van der Waals surface area contributed by atoms with Crippen molar-refractivity contribution in [2.45, 2.75) is 0 Å². The summed E-state index contributed by atoms with van der Waals surface area (Å²) >= 11 is 4.84. The maximum Gasteiger partial charge on any atom is 0.213 e. The van der Waals surface area contributed by atoms with E-state index in [0.29, 0.717) is 4.77 Å². The number of nitrogens with two attached hydrogens (primary N) is 1. The Labute approximate surface area is 85.3 Å². The van der Waals surface area contributed by atoms with E-state index in [1.54, 1.807) is 0 Å². The first-order valence-electron chi connectivity index (χ1n) is 3.76. The molecule has 1 aromatic carbocycles. The Kier molecular flexibility index (Phi) is 3.00. The summed E-state index contributed by atoms with van der Waals surface area (Å²) in [6.07, 6.45) is 0. The van der Waals surface area contributed by atoms with E-state index < -0.39 is 0 Å². The highest BCUT2D eigenvalue weighted by atomic mass is 32.1. The van der Waals surface area contributed by atoms with E-state index in [1.807, 2.05) is 24.3 Å². The van der Waals surface area contributed by atoms with Gasteiger partial charge in [0.05, 0.1) is 0 Å². The van der Waals surface area contributed by atoms with Crippen molar-refractivity contribution in [1.82, 2.24) is 15.2 Å². The van der Waals surface area contributed by atoms with Crippen molar-refractivity contribution in [3.63, 3.8) is 0 Å². The highest BCUT2D eigenvalue weighted by molar-refractivity contribution is 7.71. The maximum atomic E-state index is 5.55. The smallest absolute Gasteiger partial charge is 0.213 e. The van der Waals surface area contributed by atoms with Gasteiger partial charge >= 0.3 is 0 Å². The zero-order valence-corrected chi connectivity index (χ0v) is 8.06. The second kappa shape index (κ2) is 4.03. The molecule has 0 aliphatic heterocycles. The SMILES string of the molecule is Nc1ccc(-c2nc(=S)[nH][nH]2)cc1.O. The van der Waals surface area contributed by atoms with E-state index in [1.165, 1.54) is 0 Å². The molecule has 0 fully saturated rings. The van der Waals surface area contributed by atoms with E-state index in [0.717, 1.165) is 17.1 Å². The lowest BCUT2D eigenvalue weighted by atomic mass is 10.2. The van der Waals surface area contributed by atoms with Gasteiger partial charge in [0, 0.05) is 11.3 Å². The summed E-state index contributed by atoms with van der Waals surface area (Å²) in [7, 11) is 0. The summed E-state index contributed by atoms with van der Waals surface area (Å²) in [5, 5.41) is 5.59. The Morgan fingerprint density at radius 1 is 1.14 bits per heavy atom. The molecule has 0 saturated carbocycles. The molecule has 0 spiro atoms. The van der Waals surface area contributed by atoms with Crippen LogP contribution >= 0.6 is 12.2 Å². The molecule has 0 aliphatic carbocycles. The van der Waals surface area contributed by atoms with Gasteiger partial charge in [0.25, 0.3) is 0 Å². The van der Waals surface area contributed by atoms with Gasteiger partial charge in [0.15, 0.2) is 5.82 Å². The Morgan fingerprint density at radius 2 is 1.79 bits per heavy atom. The summed E-state index contributed by atoms with van der Waals surface area (Å²) in [4.78, 5) is 4.07. The number of nitrogens with zero attached hydrogens (tertiary/aromatic N) is 1. The number of hydrogen-bond donors (Lipinski definition) is 3. The van der Waals surface area contributed by atoms with E-state index in [4.69, 9.17) is 18.0 Å². The second-order valence-corrected chi connectivity index (χ2v) is 3.02. The average molecular weight is 210 g/mol. The lowest BCUT2D eigenvalue weighted by molar-refractivity contribution is 0.824. The van der Waals surface area contributed by atoms with Gasteiger partial charge in [-0.3, -0.25) is 10.2 Å². The fourth-order valence-electron chi connectivity index (χ4n) is 1.05. The molecule has 14 heavy (non-hydrogen) atoms. The topological polar surface area (TPSA) is 102 Å². The van der Waals surface area contributed by atoms with Crippen molar-refractivity contribution in [2.75, 3.05) is 5.73 Å². The molecule has 2 rings (SSSR count). The summed E-state index contributed by atoms with van der Waals surface area (Å²) in [6.45, 7) is 0. The van der Waals surface area contributed by atoms with Gasteiger partial charge in [0.1, 0.15) is 0 Å². The molecule has 2 aromatic rings. The Morgan fingerprint density at radius 3 is 2.29 bits per heavy atom. The van der Waals surface area contributed by atoms with Crippen LogP contribution in [0, 0.1) is 4.77 Å². The average Bonchev–Trinajstić information content (AvgIpc) is 2.53. The van der Waals surface area contributed by atoms with E-state index in [2.05, 4.69) is 15.2 Å². The molecule has 0 atom stereocenters. The number of nitrogen functional groups attached to an aromatic ring is 1.